The Hall–Kier alpha value is -4.23. The van der Waals surface area contributed by atoms with E-state index in [0.29, 0.717) is 38.7 Å². The number of halogens is 1. The van der Waals surface area contributed by atoms with Gasteiger partial charge in [-0.25, -0.2) is 0 Å². The summed E-state index contributed by atoms with van der Waals surface area (Å²) in [5, 5.41) is 12.2. The third-order valence-electron chi connectivity index (χ3n) is 6.05. The summed E-state index contributed by atoms with van der Waals surface area (Å²) in [6.45, 7) is 3.85. The van der Waals surface area contributed by atoms with Gasteiger partial charge in [0.2, 0.25) is 5.78 Å². The standard InChI is InChI=1S/C29H24ClNO6/c1-16(2)36-21-10-7-17(8-11-21)26-25(27(32)24-14-18-13-19(30)9-12-23(18)37-24)28(33)29(34)31(26)20-5-4-6-22(15-20)35-3/h4-16,26,33H,1-3H3. The number of hydrogen-bond donors (Lipinski definition) is 1. The van der Waals surface area contributed by atoms with Crippen LogP contribution in [0.5, 0.6) is 11.5 Å². The number of hydrogen-bond acceptors (Lipinski definition) is 6. The molecule has 1 N–H and O–H groups in total. The molecule has 1 atom stereocenters. The number of carbonyl (C=O) groups is 2. The predicted octanol–water partition coefficient (Wildman–Crippen LogP) is 6.66. The van der Waals surface area contributed by atoms with Gasteiger partial charge in [-0.15, -0.1) is 0 Å². The number of ketones is 1. The highest BCUT2D eigenvalue weighted by atomic mass is 35.5. The highest BCUT2D eigenvalue weighted by Gasteiger charge is 2.45. The molecule has 0 saturated heterocycles. The van der Waals surface area contributed by atoms with Crippen LogP contribution in [0.3, 0.4) is 0 Å². The molecule has 0 aliphatic carbocycles. The molecule has 4 aromatic rings. The maximum atomic E-state index is 13.8. The van der Waals surface area contributed by atoms with Gasteiger partial charge in [0.25, 0.3) is 5.91 Å². The van der Waals surface area contributed by atoms with Crippen molar-refractivity contribution in [2.45, 2.75) is 26.0 Å². The number of furan rings is 1. The Morgan fingerprint density at radius 3 is 2.49 bits per heavy atom. The molecule has 1 aromatic heterocycles. The average Bonchev–Trinajstić information content (AvgIpc) is 3.42. The second-order valence-corrected chi connectivity index (χ2v) is 9.34. The molecule has 0 spiro atoms. The van der Waals surface area contributed by atoms with Crippen LogP contribution in [0, 0.1) is 0 Å². The Bertz CT molecular complexity index is 1540. The van der Waals surface area contributed by atoms with Crippen LogP contribution in [0.15, 0.2) is 88.5 Å². The van der Waals surface area contributed by atoms with Crippen molar-refractivity contribution < 1.29 is 28.6 Å². The van der Waals surface area contributed by atoms with Crippen molar-refractivity contribution in [2.75, 3.05) is 12.0 Å². The van der Waals surface area contributed by atoms with Gasteiger partial charge < -0.3 is 19.0 Å². The van der Waals surface area contributed by atoms with Crippen molar-refractivity contribution in [2.24, 2.45) is 0 Å². The second-order valence-electron chi connectivity index (χ2n) is 8.90. The third-order valence-corrected chi connectivity index (χ3v) is 6.29. The van der Waals surface area contributed by atoms with Crippen molar-refractivity contribution >= 4 is 39.9 Å². The molecule has 7 nitrogen and oxygen atoms in total. The Kier molecular flexibility index (Phi) is 6.39. The van der Waals surface area contributed by atoms with E-state index in [9.17, 15) is 14.7 Å². The van der Waals surface area contributed by atoms with Crippen LogP contribution in [0.2, 0.25) is 5.02 Å². The lowest BCUT2D eigenvalue weighted by Gasteiger charge is -2.27. The number of ether oxygens (including phenoxy) is 2. The molecule has 0 bridgehead atoms. The predicted molar refractivity (Wildman–Crippen MR) is 141 cm³/mol. The molecule has 188 valence electrons. The maximum absolute atomic E-state index is 13.8. The smallest absolute Gasteiger partial charge is 0.294 e. The molecule has 1 aliphatic rings. The van der Waals surface area contributed by atoms with E-state index < -0.39 is 23.5 Å². The van der Waals surface area contributed by atoms with Crippen LogP contribution in [-0.4, -0.2) is 30.0 Å². The van der Waals surface area contributed by atoms with E-state index in [1.54, 1.807) is 72.8 Å². The number of fused-ring (bicyclic) bond motifs is 1. The van der Waals surface area contributed by atoms with Crippen molar-refractivity contribution in [1.82, 2.24) is 0 Å². The maximum Gasteiger partial charge on any atom is 0.294 e. The Morgan fingerprint density at radius 1 is 1.03 bits per heavy atom. The molecule has 0 saturated carbocycles. The molecule has 0 fully saturated rings. The summed E-state index contributed by atoms with van der Waals surface area (Å²) in [5.74, 6) is -0.786. The fraction of sp³-hybridized carbons (Fsp3) is 0.172. The number of benzene rings is 3. The van der Waals surface area contributed by atoms with E-state index in [0.717, 1.165) is 0 Å². The number of aliphatic hydroxyl groups is 1. The van der Waals surface area contributed by atoms with Crippen LogP contribution in [-0.2, 0) is 4.79 Å². The van der Waals surface area contributed by atoms with Gasteiger partial charge in [-0.1, -0.05) is 29.8 Å². The lowest BCUT2D eigenvalue weighted by Crippen LogP contribution is -2.31. The third kappa shape index (κ3) is 4.54. The molecular weight excluding hydrogens is 494 g/mol. The van der Waals surface area contributed by atoms with Crippen molar-refractivity contribution in [3.8, 4) is 11.5 Å². The van der Waals surface area contributed by atoms with Gasteiger partial charge in [0, 0.05) is 22.2 Å². The summed E-state index contributed by atoms with van der Waals surface area (Å²) < 4.78 is 16.9. The van der Waals surface area contributed by atoms with Gasteiger partial charge in [-0.2, -0.15) is 0 Å². The number of rotatable bonds is 7. The van der Waals surface area contributed by atoms with Gasteiger partial charge in [0.05, 0.1) is 24.8 Å². The Balaban J connectivity index is 1.63. The van der Waals surface area contributed by atoms with Crippen molar-refractivity contribution in [3.05, 3.63) is 100 Å². The molecule has 1 unspecified atom stereocenters. The minimum atomic E-state index is -0.919. The topological polar surface area (TPSA) is 89.2 Å². The summed E-state index contributed by atoms with van der Waals surface area (Å²) in [5.41, 5.74) is 1.45. The lowest BCUT2D eigenvalue weighted by atomic mass is 9.94. The first kappa shape index (κ1) is 24.5. The van der Waals surface area contributed by atoms with E-state index in [1.807, 2.05) is 13.8 Å². The van der Waals surface area contributed by atoms with E-state index in [4.69, 9.17) is 25.5 Å². The first-order valence-corrected chi connectivity index (χ1v) is 12.1. The number of anilines is 1. The zero-order valence-electron chi connectivity index (χ0n) is 20.4. The van der Waals surface area contributed by atoms with E-state index in [-0.39, 0.29) is 17.4 Å². The number of amides is 1. The molecule has 2 heterocycles. The van der Waals surface area contributed by atoms with E-state index in [1.165, 1.54) is 12.0 Å². The van der Waals surface area contributed by atoms with Crippen LogP contribution in [0.1, 0.15) is 36.0 Å². The summed E-state index contributed by atoms with van der Waals surface area (Å²) in [6.07, 6.45) is -0.0187. The zero-order valence-corrected chi connectivity index (χ0v) is 21.2. The summed E-state index contributed by atoms with van der Waals surface area (Å²) in [6, 6.07) is 19.6. The first-order chi connectivity index (χ1) is 17.8. The molecule has 3 aromatic carbocycles. The largest absolute Gasteiger partial charge is 0.503 e. The Morgan fingerprint density at radius 2 is 1.78 bits per heavy atom. The van der Waals surface area contributed by atoms with Gasteiger partial charge in [0.15, 0.2) is 11.5 Å². The van der Waals surface area contributed by atoms with Crippen LogP contribution in [0.4, 0.5) is 5.69 Å². The first-order valence-electron chi connectivity index (χ1n) is 11.7. The molecule has 0 radical (unpaired) electrons. The fourth-order valence-corrected chi connectivity index (χ4v) is 4.62. The quantitative estimate of drug-likeness (QED) is 0.275. The van der Waals surface area contributed by atoms with Gasteiger partial charge in [-0.3, -0.25) is 14.5 Å². The highest BCUT2D eigenvalue weighted by molar-refractivity contribution is 6.31. The zero-order chi connectivity index (χ0) is 26.3. The number of carbonyl (C=O) groups excluding carboxylic acids is 2. The van der Waals surface area contributed by atoms with Crippen LogP contribution >= 0.6 is 11.6 Å². The monoisotopic (exact) mass is 517 g/mol. The highest BCUT2D eigenvalue weighted by Crippen LogP contribution is 2.43. The van der Waals surface area contributed by atoms with Crippen molar-refractivity contribution in [3.63, 3.8) is 0 Å². The molecule has 1 aliphatic heterocycles. The van der Waals surface area contributed by atoms with Gasteiger partial charge >= 0.3 is 0 Å². The summed E-state index contributed by atoms with van der Waals surface area (Å²) >= 11 is 6.09. The average molecular weight is 518 g/mol. The van der Waals surface area contributed by atoms with Gasteiger partial charge in [-0.05, 0) is 67.9 Å². The molecular formula is C29H24ClNO6. The summed E-state index contributed by atoms with van der Waals surface area (Å²) in [7, 11) is 1.52. The number of nitrogens with zero attached hydrogens (tertiary/aromatic N) is 1. The van der Waals surface area contributed by atoms with Crippen LogP contribution < -0.4 is 14.4 Å². The molecule has 1 amide bonds. The fourth-order valence-electron chi connectivity index (χ4n) is 4.44. The molecule has 37 heavy (non-hydrogen) atoms. The minimum absolute atomic E-state index is 0.0103. The minimum Gasteiger partial charge on any atom is -0.503 e. The number of aliphatic hydroxyl groups excluding tert-OH is 1. The number of Topliss-reactive ketones (excluding diaryl/α,β-unsaturated/α-hetero) is 1. The Labute approximate surface area is 218 Å². The number of methoxy groups -OCH3 is 1. The second kappa shape index (κ2) is 9.67. The van der Waals surface area contributed by atoms with E-state index >= 15 is 0 Å². The lowest BCUT2D eigenvalue weighted by molar-refractivity contribution is -0.117. The van der Waals surface area contributed by atoms with E-state index in [2.05, 4.69) is 0 Å². The van der Waals surface area contributed by atoms with Gasteiger partial charge in [0.1, 0.15) is 17.1 Å². The molecule has 5 rings (SSSR count). The SMILES string of the molecule is COc1cccc(N2C(=O)C(O)=C(C(=O)c3cc4cc(Cl)ccc4o3)C2c2ccc(OC(C)C)cc2)c1. The normalized spacial score (nSPS) is 15.6. The van der Waals surface area contributed by atoms with Crippen molar-refractivity contribution in [1.29, 1.82) is 0 Å². The van der Waals surface area contributed by atoms with Crippen LogP contribution in [0.25, 0.3) is 11.0 Å². The summed E-state index contributed by atoms with van der Waals surface area (Å²) in [4.78, 5) is 28.6. The molecule has 8 heteroatoms.